The van der Waals surface area contributed by atoms with E-state index in [-0.39, 0.29) is 5.91 Å². The van der Waals surface area contributed by atoms with E-state index in [9.17, 15) is 4.79 Å². The number of hydrogen-bond donors (Lipinski definition) is 1. The van der Waals surface area contributed by atoms with E-state index in [1.807, 2.05) is 35.8 Å². The van der Waals surface area contributed by atoms with Gasteiger partial charge in [0.05, 0.1) is 16.3 Å². The number of thiophene rings is 1. The first-order valence-electron chi connectivity index (χ1n) is 7.73. The Hall–Kier alpha value is -2.09. The van der Waals surface area contributed by atoms with E-state index in [1.165, 1.54) is 16.2 Å². The average Bonchev–Trinajstić information content (AvgIpc) is 3.24. The lowest BCUT2D eigenvalue weighted by Gasteiger charge is -2.25. The van der Waals surface area contributed by atoms with Crippen LogP contribution in [0.4, 0.5) is 5.13 Å². The first-order chi connectivity index (χ1) is 11.8. The molecule has 4 rings (SSSR count). The molecule has 3 aromatic heterocycles. The molecule has 0 radical (unpaired) electrons. The summed E-state index contributed by atoms with van der Waals surface area (Å²) in [7, 11) is 0. The predicted molar refractivity (Wildman–Crippen MR) is 96.4 cm³/mol. The lowest BCUT2D eigenvalue weighted by Crippen LogP contribution is -2.29. The summed E-state index contributed by atoms with van der Waals surface area (Å²) in [6.45, 7) is 2.67. The number of fused-ring (bicyclic) bond motifs is 1. The first kappa shape index (κ1) is 15.4. The second-order valence-electron chi connectivity index (χ2n) is 5.60. The molecule has 1 N–H and O–H groups in total. The number of hydrogen-bond acceptors (Lipinski definition) is 6. The Labute approximate surface area is 148 Å². The highest BCUT2D eigenvalue weighted by Crippen LogP contribution is 2.29. The highest BCUT2D eigenvalue weighted by molar-refractivity contribution is 7.16. The molecule has 0 aliphatic carbocycles. The highest BCUT2D eigenvalue weighted by atomic mass is 32.1. The van der Waals surface area contributed by atoms with Crippen LogP contribution in [0.3, 0.4) is 0 Å². The molecular formula is C17H16N4OS2. The van der Waals surface area contributed by atoms with E-state index >= 15 is 0 Å². The fraction of sp³-hybridized carbons (Fsp3) is 0.235. The maximum atomic E-state index is 12.1. The molecule has 0 atom stereocenters. The summed E-state index contributed by atoms with van der Waals surface area (Å²) in [5.41, 5.74) is 2.19. The van der Waals surface area contributed by atoms with Crippen LogP contribution in [0.2, 0.25) is 0 Å². The van der Waals surface area contributed by atoms with Gasteiger partial charge < -0.3 is 0 Å². The van der Waals surface area contributed by atoms with Gasteiger partial charge in [-0.1, -0.05) is 12.1 Å². The predicted octanol–water partition coefficient (Wildman–Crippen LogP) is 3.41. The molecule has 0 saturated carbocycles. The smallest absolute Gasteiger partial charge is 0.267 e. The van der Waals surface area contributed by atoms with Crippen LogP contribution in [0.25, 0.3) is 0 Å². The minimum Gasteiger partial charge on any atom is -0.297 e. The molecule has 24 heavy (non-hydrogen) atoms. The quantitative estimate of drug-likeness (QED) is 0.778. The molecule has 4 heterocycles. The standard InChI is InChI=1S/C17H16N4OS2/c22-16(14-5-3-9-23-14)20-17-19-13-6-8-21(11-15(13)24-17)10-12-4-1-2-7-18-12/h1-5,7,9H,6,8,10-11H2,(H,19,20,22). The topological polar surface area (TPSA) is 58.1 Å². The van der Waals surface area contributed by atoms with Crippen LogP contribution in [0.5, 0.6) is 0 Å². The number of thiazole rings is 1. The van der Waals surface area contributed by atoms with Gasteiger partial charge in [0.25, 0.3) is 5.91 Å². The molecule has 0 saturated heterocycles. The monoisotopic (exact) mass is 356 g/mol. The SMILES string of the molecule is O=C(Nc1nc2c(s1)CN(Cc1ccccn1)CC2)c1cccs1. The van der Waals surface area contributed by atoms with Gasteiger partial charge in [0.15, 0.2) is 5.13 Å². The normalized spacial score (nSPS) is 14.3. The van der Waals surface area contributed by atoms with Crippen LogP contribution in [0, 0.1) is 0 Å². The number of aromatic nitrogens is 2. The third kappa shape index (κ3) is 3.38. The van der Waals surface area contributed by atoms with E-state index in [1.54, 1.807) is 11.3 Å². The molecular weight excluding hydrogens is 340 g/mol. The molecule has 1 aliphatic heterocycles. The molecule has 1 amide bonds. The molecule has 0 aromatic carbocycles. The first-order valence-corrected chi connectivity index (χ1v) is 9.43. The zero-order valence-electron chi connectivity index (χ0n) is 12.9. The van der Waals surface area contributed by atoms with Crippen molar-refractivity contribution in [2.24, 2.45) is 0 Å². The number of rotatable bonds is 4. The van der Waals surface area contributed by atoms with Crippen molar-refractivity contribution >= 4 is 33.7 Å². The fourth-order valence-electron chi connectivity index (χ4n) is 2.72. The van der Waals surface area contributed by atoms with Crippen molar-refractivity contribution in [1.29, 1.82) is 0 Å². The van der Waals surface area contributed by atoms with Gasteiger partial charge in [-0.15, -0.1) is 22.7 Å². The molecule has 0 spiro atoms. The zero-order chi connectivity index (χ0) is 16.4. The van der Waals surface area contributed by atoms with Gasteiger partial charge in [-0.05, 0) is 23.6 Å². The Morgan fingerprint density at radius 3 is 3.04 bits per heavy atom. The van der Waals surface area contributed by atoms with E-state index in [4.69, 9.17) is 0 Å². The molecule has 7 heteroatoms. The Kier molecular flexibility index (Phi) is 4.38. The van der Waals surface area contributed by atoms with Crippen molar-refractivity contribution < 1.29 is 4.79 Å². The third-order valence-corrected chi connectivity index (χ3v) is 5.75. The highest BCUT2D eigenvalue weighted by Gasteiger charge is 2.22. The fourth-order valence-corrected chi connectivity index (χ4v) is 4.39. The van der Waals surface area contributed by atoms with Gasteiger partial charge >= 0.3 is 0 Å². The summed E-state index contributed by atoms with van der Waals surface area (Å²) < 4.78 is 0. The van der Waals surface area contributed by atoms with E-state index < -0.39 is 0 Å². The molecule has 0 bridgehead atoms. The van der Waals surface area contributed by atoms with Crippen LogP contribution < -0.4 is 5.32 Å². The van der Waals surface area contributed by atoms with Crippen molar-refractivity contribution in [3.05, 3.63) is 63.1 Å². The number of nitrogens with one attached hydrogen (secondary N) is 1. The van der Waals surface area contributed by atoms with Crippen molar-refractivity contribution in [3.63, 3.8) is 0 Å². The van der Waals surface area contributed by atoms with Gasteiger partial charge in [-0.2, -0.15) is 0 Å². The Morgan fingerprint density at radius 2 is 2.25 bits per heavy atom. The van der Waals surface area contributed by atoms with Crippen LogP contribution in [-0.4, -0.2) is 27.3 Å². The number of amides is 1. The van der Waals surface area contributed by atoms with Crippen LogP contribution >= 0.6 is 22.7 Å². The number of carbonyl (C=O) groups is 1. The summed E-state index contributed by atoms with van der Waals surface area (Å²) in [5.74, 6) is -0.0820. The third-order valence-electron chi connectivity index (χ3n) is 3.89. The minimum absolute atomic E-state index is 0.0820. The van der Waals surface area contributed by atoms with Crippen molar-refractivity contribution in [1.82, 2.24) is 14.9 Å². The number of pyridine rings is 1. The van der Waals surface area contributed by atoms with Crippen molar-refractivity contribution in [3.8, 4) is 0 Å². The summed E-state index contributed by atoms with van der Waals surface area (Å²) in [5, 5.41) is 5.51. The van der Waals surface area contributed by atoms with Crippen LogP contribution in [0.1, 0.15) is 25.9 Å². The van der Waals surface area contributed by atoms with E-state index in [0.29, 0.717) is 10.0 Å². The van der Waals surface area contributed by atoms with E-state index in [0.717, 1.165) is 37.4 Å². The van der Waals surface area contributed by atoms with Gasteiger partial charge in [-0.3, -0.25) is 20.0 Å². The number of carbonyl (C=O) groups excluding carboxylic acids is 1. The second kappa shape index (κ2) is 6.80. The molecule has 3 aromatic rings. The maximum Gasteiger partial charge on any atom is 0.267 e. The van der Waals surface area contributed by atoms with Gasteiger partial charge in [0.2, 0.25) is 0 Å². The summed E-state index contributed by atoms with van der Waals surface area (Å²) in [6.07, 6.45) is 2.74. The maximum absolute atomic E-state index is 12.1. The summed E-state index contributed by atoms with van der Waals surface area (Å²) in [4.78, 5) is 25.4. The number of nitrogens with zero attached hydrogens (tertiary/aromatic N) is 3. The van der Waals surface area contributed by atoms with Gasteiger partial charge in [0, 0.05) is 37.1 Å². The number of anilines is 1. The Bertz CT molecular complexity index is 830. The molecule has 0 unspecified atom stereocenters. The lowest BCUT2D eigenvalue weighted by atomic mass is 10.1. The van der Waals surface area contributed by atoms with Crippen LogP contribution in [0.15, 0.2) is 41.9 Å². The largest absolute Gasteiger partial charge is 0.297 e. The lowest BCUT2D eigenvalue weighted by molar-refractivity contribution is 0.103. The van der Waals surface area contributed by atoms with Gasteiger partial charge in [0.1, 0.15) is 0 Å². The summed E-state index contributed by atoms with van der Waals surface area (Å²) in [6, 6.07) is 9.70. The van der Waals surface area contributed by atoms with Crippen molar-refractivity contribution in [2.45, 2.75) is 19.5 Å². The van der Waals surface area contributed by atoms with Crippen molar-refractivity contribution in [2.75, 3.05) is 11.9 Å². The minimum atomic E-state index is -0.0820. The molecule has 5 nitrogen and oxygen atoms in total. The Morgan fingerprint density at radius 1 is 1.29 bits per heavy atom. The Balaban J connectivity index is 1.43. The summed E-state index contributed by atoms with van der Waals surface area (Å²) >= 11 is 3.01. The second-order valence-corrected chi connectivity index (χ2v) is 7.63. The average molecular weight is 356 g/mol. The molecule has 122 valence electrons. The molecule has 1 aliphatic rings. The van der Waals surface area contributed by atoms with E-state index in [2.05, 4.69) is 26.3 Å². The zero-order valence-corrected chi connectivity index (χ0v) is 14.6. The van der Waals surface area contributed by atoms with Crippen LogP contribution in [-0.2, 0) is 19.5 Å². The van der Waals surface area contributed by atoms with Gasteiger partial charge in [-0.25, -0.2) is 4.98 Å². The molecule has 0 fully saturated rings.